The first-order chi connectivity index (χ1) is 14.3. The normalized spacial score (nSPS) is 11.6. The van der Waals surface area contributed by atoms with Crippen LogP contribution in [0.2, 0.25) is 0 Å². The van der Waals surface area contributed by atoms with E-state index in [0.717, 1.165) is 27.9 Å². The van der Waals surface area contributed by atoms with Gasteiger partial charge in [0.25, 0.3) is 11.1 Å². The van der Waals surface area contributed by atoms with E-state index < -0.39 is 18.3 Å². The number of aliphatic hydroxyl groups excluding tert-OH is 2. The number of fused-ring (bicyclic) bond motifs is 1. The van der Waals surface area contributed by atoms with Gasteiger partial charge in [-0.1, -0.05) is 31.5 Å². The largest absolute Gasteiger partial charge is 0.406 e. The summed E-state index contributed by atoms with van der Waals surface area (Å²) in [4.78, 5) is 34.6. The molecule has 0 saturated heterocycles. The van der Waals surface area contributed by atoms with E-state index in [2.05, 4.69) is 10.3 Å². The number of pyridine rings is 1. The number of hydrogen-bond acceptors (Lipinski definition) is 7. The molecule has 2 aromatic heterocycles. The SMILES string of the molecule is CC.Cc1ccc(Nc2cc(=O)n(C)c3ncn(OCC(O)CO)c(=O)c23)c(C)c1. The van der Waals surface area contributed by atoms with E-state index in [-0.39, 0.29) is 23.2 Å². The molecule has 1 aromatic carbocycles. The number of nitrogens with zero attached hydrogens (tertiary/aromatic N) is 3. The maximum atomic E-state index is 12.9. The van der Waals surface area contributed by atoms with Crippen molar-refractivity contribution >= 4 is 22.4 Å². The molecular weight excluding hydrogens is 388 g/mol. The number of anilines is 2. The molecule has 0 amide bonds. The van der Waals surface area contributed by atoms with Gasteiger partial charge in [-0.05, 0) is 25.5 Å². The van der Waals surface area contributed by atoms with E-state index in [1.54, 1.807) is 0 Å². The number of aromatic nitrogens is 3. The van der Waals surface area contributed by atoms with Gasteiger partial charge in [0.05, 0.1) is 12.3 Å². The molecule has 0 aliphatic carbocycles. The lowest BCUT2D eigenvalue weighted by Crippen LogP contribution is -2.34. The van der Waals surface area contributed by atoms with Gasteiger partial charge in [-0.15, -0.1) is 4.73 Å². The Kier molecular flexibility index (Phi) is 7.73. The summed E-state index contributed by atoms with van der Waals surface area (Å²) >= 11 is 0. The Labute approximate surface area is 174 Å². The molecule has 3 aromatic rings. The Balaban J connectivity index is 0.00000155. The predicted molar refractivity (Wildman–Crippen MR) is 116 cm³/mol. The highest BCUT2D eigenvalue weighted by molar-refractivity contribution is 5.90. The molecule has 0 radical (unpaired) electrons. The molecule has 162 valence electrons. The third-order valence-corrected chi connectivity index (χ3v) is 4.38. The lowest BCUT2D eigenvalue weighted by Gasteiger charge is -2.15. The molecule has 0 spiro atoms. The summed E-state index contributed by atoms with van der Waals surface area (Å²) < 4.78 is 2.15. The van der Waals surface area contributed by atoms with Crippen LogP contribution in [0.4, 0.5) is 11.4 Å². The van der Waals surface area contributed by atoms with Crippen molar-refractivity contribution in [3.05, 3.63) is 62.4 Å². The maximum Gasteiger partial charge on any atom is 0.297 e. The first-order valence-electron chi connectivity index (χ1n) is 9.69. The highest BCUT2D eigenvalue weighted by atomic mass is 16.7. The van der Waals surface area contributed by atoms with E-state index in [1.807, 2.05) is 45.9 Å². The lowest BCUT2D eigenvalue weighted by atomic mass is 10.1. The average Bonchev–Trinajstić information content (AvgIpc) is 2.74. The predicted octanol–water partition coefficient (Wildman–Crippen LogP) is 1.26. The summed E-state index contributed by atoms with van der Waals surface area (Å²) in [6.45, 7) is 7.12. The van der Waals surface area contributed by atoms with Gasteiger partial charge in [-0.25, -0.2) is 4.98 Å². The number of hydrogen-bond donors (Lipinski definition) is 3. The second-order valence-electron chi connectivity index (χ2n) is 6.60. The van der Waals surface area contributed by atoms with E-state index >= 15 is 0 Å². The molecule has 0 bridgehead atoms. The Morgan fingerprint density at radius 3 is 2.50 bits per heavy atom. The van der Waals surface area contributed by atoms with Crippen molar-refractivity contribution in [3.63, 3.8) is 0 Å². The number of aliphatic hydroxyl groups is 2. The minimum Gasteiger partial charge on any atom is -0.406 e. The fourth-order valence-corrected chi connectivity index (χ4v) is 2.83. The van der Waals surface area contributed by atoms with Crippen LogP contribution >= 0.6 is 0 Å². The molecule has 0 saturated carbocycles. The van der Waals surface area contributed by atoms with Crippen LogP contribution in [0.5, 0.6) is 0 Å². The van der Waals surface area contributed by atoms with Crippen LogP contribution in [0.1, 0.15) is 25.0 Å². The van der Waals surface area contributed by atoms with Gasteiger partial charge in [0.1, 0.15) is 24.4 Å². The van der Waals surface area contributed by atoms with Crippen LogP contribution in [0.25, 0.3) is 11.0 Å². The summed E-state index contributed by atoms with van der Waals surface area (Å²) in [7, 11) is 1.53. The molecule has 30 heavy (non-hydrogen) atoms. The maximum absolute atomic E-state index is 12.9. The molecule has 1 atom stereocenters. The average molecular weight is 416 g/mol. The van der Waals surface area contributed by atoms with Gasteiger partial charge in [-0.2, -0.15) is 0 Å². The number of nitrogens with one attached hydrogen (secondary N) is 1. The van der Waals surface area contributed by atoms with Crippen molar-refractivity contribution in [1.82, 2.24) is 14.3 Å². The second-order valence-corrected chi connectivity index (χ2v) is 6.60. The lowest BCUT2D eigenvalue weighted by molar-refractivity contribution is -0.00415. The highest BCUT2D eigenvalue weighted by Crippen LogP contribution is 2.24. The van der Waals surface area contributed by atoms with Gasteiger partial charge in [-0.3, -0.25) is 14.2 Å². The van der Waals surface area contributed by atoms with E-state index in [4.69, 9.17) is 9.94 Å². The number of aryl methyl sites for hydroxylation is 3. The second kappa shape index (κ2) is 10.0. The molecule has 9 nitrogen and oxygen atoms in total. The van der Waals surface area contributed by atoms with Crippen LogP contribution in [0.15, 0.2) is 40.2 Å². The van der Waals surface area contributed by atoms with Crippen LogP contribution in [0, 0.1) is 13.8 Å². The Morgan fingerprint density at radius 1 is 1.17 bits per heavy atom. The zero-order chi connectivity index (χ0) is 22.4. The smallest absolute Gasteiger partial charge is 0.297 e. The summed E-state index contributed by atoms with van der Waals surface area (Å²) in [6, 6.07) is 7.12. The molecule has 1 unspecified atom stereocenters. The number of benzene rings is 1. The Hall–Kier alpha value is -3.17. The van der Waals surface area contributed by atoms with Gasteiger partial charge >= 0.3 is 0 Å². The molecule has 3 N–H and O–H groups in total. The number of rotatable bonds is 6. The van der Waals surface area contributed by atoms with Crippen LogP contribution in [-0.2, 0) is 7.05 Å². The van der Waals surface area contributed by atoms with Crippen molar-refractivity contribution < 1.29 is 15.1 Å². The minimum atomic E-state index is -1.13. The van der Waals surface area contributed by atoms with Crippen molar-refractivity contribution in [3.8, 4) is 0 Å². The molecular formula is C21H28N4O5. The first-order valence-corrected chi connectivity index (χ1v) is 9.69. The van der Waals surface area contributed by atoms with Gasteiger partial charge in [0.15, 0.2) is 5.65 Å². The Bertz CT molecular complexity index is 1140. The van der Waals surface area contributed by atoms with Crippen molar-refractivity contribution in [2.75, 3.05) is 18.5 Å². The van der Waals surface area contributed by atoms with Crippen LogP contribution in [0.3, 0.4) is 0 Å². The molecule has 2 heterocycles. The zero-order valence-corrected chi connectivity index (χ0v) is 17.8. The topological polar surface area (TPSA) is 119 Å². The standard InChI is InChI=1S/C19H22N4O5.C2H6/c1-11-4-5-14(12(2)6-11)21-15-7-16(26)22(3)18-17(15)19(27)23(10-20-18)28-9-13(25)8-24;1-2/h4-7,10,13,21,24-25H,8-9H2,1-3H3;1-2H3. The monoisotopic (exact) mass is 416 g/mol. The van der Waals surface area contributed by atoms with Crippen LogP contribution in [-0.4, -0.2) is 43.8 Å². The van der Waals surface area contributed by atoms with Gasteiger partial charge in [0, 0.05) is 18.8 Å². The van der Waals surface area contributed by atoms with Gasteiger partial charge in [0.2, 0.25) is 0 Å². The van der Waals surface area contributed by atoms with E-state index in [0.29, 0.717) is 5.69 Å². The summed E-state index contributed by atoms with van der Waals surface area (Å²) in [6.07, 6.45) is 0.00490. The summed E-state index contributed by atoms with van der Waals surface area (Å²) in [5.41, 5.74) is 2.46. The molecule has 0 aliphatic rings. The highest BCUT2D eigenvalue weighted by Gasteiger charge is 2.16. The molecule has 9 heteroatoms. The minimum absolute atomic E-state index is 0.170. The summed E-state index contributed by atoms with van der Waals surface area (Å²) in [5, 5.41) is 21.6. The Morgan fingerprint density at radius 2 is 1.87 bits per heavy atom. The quantitative estimate of drug-likeness (QED) is 0.554. The van der Waals surface area contributed by atoms with E-state index in [1.165, 1.54) is 17.7 Å². The fourth-order valence-electron chi connectivity index (χ4n) is 2.83. The van der Waals surface area contributed by atoms with Crippen molar-refractivity contribution in [2.45, 2.75) is 33.8 Å². The fraction of sp³-hybridized carbons (Fsp3) is 0.381. The zero-order valence-electron chi connectivity index (χ0n) is 17.8. The molecule has 3 rings (SSSR count). The summed E-state index contributed by atoms with van der Waals surface area (Å²) in [5.74, 6) is 0. The molecule has 0 fully saturated rings. The molecule has 0 aliphatic heterocycles. The van der Waals surface area contributed by atoms with Gasteiger partial charge < -0.3 is 20.4 Å². The third kappa shape index (κ3) is 4.87. The van der Waals surface area contributed by atoms with E-state index in [9.17, 15) is 14.7 Å². The van der Waals surface area contributed by atoms with Crippen molar-refractivity contribution in [2.24, 2.45) is 7.05 Å². The third-order valence-electron chi connectivity index (χ3n) is 4.38. The van der Waals surface area contributed by atoms with Crippen molar-refractivity contribution in [1.29, 1.82) is 0 Å². The first kappa shape index (κ1) is 23.1. The van der Waals surface area contributed by atoms with Crippen LogP contribution < -0.4 is 21.3 Å².